The molecule has 2 unspecified atom stereocenters. The molecule has 3 N–H and O–H groups in total. The minimum Gasteiger partial charge on any atom is -0.479 e. The van der Waals surface area contributed by atoms with Crippen molar-refractivity contribution in [3.63, 3.8) is 0 Å². The van der Waals surface area contributed by atoms with Crippen LogP contribution in [0.15, 0.2) is 48.5 Å². The number of carbonyl (C=O) groups excluding carboxylic acids is 2. The van der Waals surface area contributed by atoms with Crippen LogP contribution in [0, 0.1) is 11.8 Å². The number of carboxylic acid groups (broad SMARTS) is 1. The fraction of sp³-hybridized carbons (Fsp3) is 0.444. The Labute approximate surface area is 205 Å². The van der Waals surface area contributed by atoms with Crippen LogP contribution in [0.4, 0.5) is 4.79 Å². The first-order valence-corrected chi connectivity index (χ1v) is 12.1. The lowest BCUT2D eigenvalue weighted by Gasteiger charge is -2.25. The normalized spacial score (nSPS) is 20.4. The molecule has 35 heavy (non-hydrogen) atoms. The van der Waals surface area contributed by atoms with Gasteiger partial charge in [0.15, 0.2) is 6.10 Å². The molecule has 0 radical (unpaired) electrons. The Bertz CT molecular complexity index is 1040. The van der Waals surface area contributed by atoms with Crippen molar-refractivity contribution in [2.24, 2.45) is 11.8 Å². The van der Waals surface area contributed by atoms with E-state index in [0.29, 0.717) is 19.4 Å². The van der Waals surface area contributed by atoms with Gasteiger partial charge in [-0.05, 0) is 34.6 Å². The number of hydrogen-bond acceptors (Lipinski definition) is 5. The second-order valence-electron chi connectivity index (χ2n) is 9.26. The Morgan fingerprint density at radius 1 is 1.09 bits per heavy atom. The number of ether oxygens (including phenoxy) is 2. The molecule has 8 heteroatoms. The molecule has 1 aliphatic carbocycles. The molecule has 186 valence electrons. The Balaban J connectivity index is 1.37. The number of carbonyl (C=O) groups is 3. The van der Waals surface area contributed by atoms with Gasteiger partial charge in [0.05, 0.1) is 0 Å². The van der Waals surface area contributed by atoms with Crippen molar-refractivity contribution in [3.8, 4) is 11.1 Å². The summed E-state index contributed by atoms with van der Waals surface area (Å²) in [6.45, 7) is 4.51. The zero-order valence-electron chi connectivity index (χ0n) is 20.0. The second kappa shape index (κ2) is 10.9. The van der Waals surface area contributed by atoms with Gasteiger partial charge in [-0.15, -0.1) is 0 Å². The first-order chi connectivity index (χ1) is 16.9. The van der Waals surface area contributed by atoms with E-state index in [-0.39, 0.29) is 36.8 Å². The van der Waals surface area contributed by atoms with Crippen LogP contribution in [-0.4, -0.2) is 55.0 Å². The van der Waals surface area contributed by atoms with Gasteiger partial charge in [0, 0.05) is 25.0 Å². The van der Waals surface area contributed by atoms with Gasteiger partial charge in [0.25, 0.3) is 0 Å². The summed E-state index contributed by atoms with van der Waals surface area (Å²) < 4.78 is 10.9. The summed E-state index contributed by atoms with van der Waals surface area (Å²) in [6, 6.07) is 15.4. The first kappa shape index (κ1) is 24.7. The molecule has 0 spiro atoms. The maximum absolute atomic E-state index is 12.9. The van der Waals surface area contributed by atoms with Crippen molar-refractivity contribution in [2.45, 2.75) is 44.8 Å². The SMILES string of the molecule is CCC(C)C(NC(=O)OCC1c2ccccc2-c2ccccc21)C(=O)NC[C@@H]1CCO[C@@H]1C(=O)O. The summed E-state index contributed by atoms with van der Waals surface area (Å²) in [5.41, 5.74) is 4.52. The number of fused-ring (bicyclic) bond motifs is 3. The van der Waals surface area contributed by atoms with Crippen molar-refractivity contribution >= 4 is 18.0 Å². The lowest BCUT2D eigenvalue weighted by molar-refractivity contribution is -0.149. The molecular weight excluding hydrogens is 448 g/mol. The maximum Gasteiger partial charge on any atom is 0.407 e. The number of carboxylic acids is 1. The van der Waals surface area contributed by atoms with Gasteiger partial charge in [0.1, 0.15) is 12.6 Å². The van der Waals surface area contributed by atoms with E-state index >= 15 is 0 Å². The summed E-state index contributed by atoms with van der Waals surface area (Å²) >= 11 is 0. The van der Waals surface area contributed by atoms with Gasteiger partial charge in [0.2, 0.25) is 5.91 Å². The Kier molecular flexibility index (Phi) is 7.70. The fourth-order valence-electron chi connectivity index (χ4n) is 4.93. The molecule has 0 bridgehead atoms. The molecule has 1 aliphatic heterocycles. The molecule has 1 fully saturated rings. The summed E-state index contributed by atoms with van der Waals surface area (Å²) in [5.74, 6) is -1.89. The highest BCUT2D eigenvalue weighted by Crippen LogP contribution is 2.44. The summed E-state index contributed by atoms with van der Waals surface area (Å²) in [4.78, 5) is 37.0. The zero-order valence-corrected chi connectivity index (χ0v) is 20.0. The second-order valence-corrected chi connectivity index (χ2v) is 9.26. The number of benzene rings is 2. The molecule has 2 aromatic rings. The molecule has 2 aromatic carbocycles. The summed E-state index contributed by atoms with van der Waals surface area (Å²) in [5, 5.41) is 14.8. The van der Waals surface area contributed by atoms with Crippen LogP contribution in [-0.2, 0) is 19.1 Å². The molecule has 0 aromatic heterocycles. The summed E-state index contributed by atoms with van der Waals surface area (Å²) in [7, 11) is 0. The van der Waals surface area contributed by atoms with E-state index < -0.39 is 24.2 Å². The Morgan fingerprint density at radius 2 is 1.71 bits per heavy atom. The molecule has 0 saturated carbocycles. The van der Waals surface area contributed by atoms with Crippen LogP contribution < -0.4 is 10.6 Å². The highest BCUT2D eigenvalue weighted by Gasteiger charge is 2.35. The number of amides is 2. The van der Waals surface area contributed by atoms with Crippen molar-refractivity contribution < 1.29 is 29.0 Å². The van der Waals surface area contributed by atoms with Gasteiger partial charge >= 0.3 is 12.1 Å². The van der Waals surface area contributed by atoms with E-state index in [9.17, 15) is 19.5 Å². The van der Waals surface area contributed by atoms with Crippen LogP contribution >= 0.6 is 0 Å². The molecule has 1 saturated heterocycles. The first-order valence-electron chi connectivity index (χ1n) is 12.1. The van der Waals surface area contributed by atoms with Crippen LogP contribution in [0.5, 0.6) is 0 Å². The fourth-order valence-corrected chi connectivity index (χ4v) is 4.93. The highest BCUT2D eigenvalue weighted by molar-refractivity contribution is 5.86. The van der Waals surface area contributed by atoms with E-state index in [4.69, 9.17) is 9.47 Å². The van der Waals surface area contributed by atoms with E-state index in [2.05, 4.69) is 22.8 Å². The predicted octanol–water partition coefficient (Wildman–Crippen LogP) is 3.55. The van der Waals surface area contributed by atoms with Crippen molar-refractivity contribution in [1.82, 2.24) is 10.6 Å². The lowest BCUT2D eigenvalue weighted by Crippen LogP contribution is -2.51. The van der Waals surface area contributed by atoms with Gasteiger partial charge in [-0.3, -0.25) is 4.79 Å². The largest absolute Gasteiger partial charge is 0.479 e. The molecule has 1 heterocycles. The van der Waals surface area contributed by atoms with Gasteiger partial charge in [-0.1, -0.05) is 68.8 Å². The zero-order chi connectivity index (χ0) is 24.9. The smallest absolute Gasteiger partial charge is 0.407 e. The van der Waals surface area contributed by atoms with E-state index in [1.165, 1.54) is 0 Å². The average Bonchev–Trinajstić information content (AvgIpc) is 3.47. The molecule has 4 atom stereocenters. The molecule has 4 rings (SSSR count). The molecule has 2 aliphatic rings. The monoisotopic (exact) mass is 480 g/mol. The third-order valence-electron chi connectivity index (χ3n) is 7.11. The quantitative estimate of drug-likeness (QED) is 0.506. The average molecular weight is 481 g/mol. The topological polar surface area (TPSA) is 114 Å². The minimum absolute atomic E-state index is 0.0701. The highest BCUT2D eigenvalue weighted by atomic mass is 16.5. The van der Waals surface area contributed by atoms with Crippen LogP contribution in [0.1, 0.15) is 43.7 Å². The van der Waals surface area contributed by atoms with Crippen molar-refractivity contribution in [3.05, 3.63) is 59.7 Å². The van der Waals surface area contributed by atoms with Crippen LogP contribution in [0.2, 0.25) is 0 Å². The third-order valence-corrected chi connectivity index (χ3v) is 7.11. The van der Waals surface area contributed by atoms with Crippen molar-refractivity contribution in [1.29, 1.82) is 0 Å². The number of rotatable bonds is 9. The third kappa shape index (κ3) is 5.32. The Morgan fingerprint density at radius 3 is 2.31 bits per heavy atom. The van der Waals surface area contributed by atoms with Gasteiger partial charge in [-0.2, -0.15) is 0 Å². The summed E-state index contributed by atoms with van der Waals surface area (Å²) in [6.07, 6.45) is -0.343. The molecule has 2 amide bonds. The number of alkyl carbamates (subject to hydrolysis) is 1. The van der Waals surface area contributed by atoms with Crippen LogP contribution in [0.25, 0.3) is 11.1 Å². The number of hydrogen-bond donors (Lipinski definition) is 3. The van der Waals surface area contributed by atoms with E-state index in [1.54, 1.807) is 0 Å². The van der Waals surface area contributed by atoms with E-state index in [1.807, 2.05) is 50.2 Å². The number of aliphatic carboxylic acids is 1. The van der Waals surface area contributed by atoms with Crippen LogP contribution in [0.3, 0.4) is 0 Å². The van der Waals surface area contributed by atoms with Crippen molar-refractivity contribution in [2.75, 3.05) is 19.8 Å². The molecule has 8 nitrogen and oxygen atoms in total. The molecular formula is C27H32N2O6. The van der Waals surface area contributed by atoms with Gasteiger partial charge < -0.3 is 25.2 Å². The maximum atomic E-state index is 12.9. The Hall–Kier alpha value is -3.39. The predicted molar refractivity (Wildman–Crippen MR) is 130 cm³/mol. The lowest BCUT2D eigenvalue weighted by atomic mass is 9.97. The van der Waals surface area contributed by atoms with E-state index in [0.717, 1.165) is 22.3 Å². The van der Waals surface area contributed by atoms with Gasteiger partial charge in [-0.25, -0.2) is 9.59 Å². The standard InChI is InChI=1S/C27H32N2O6/c1-3-16(2)23(25(30)28-14-17-12-13-34-24(17)26(31)32)29-27(33)35-15-22-20-10-6-4-8-18(20)19-9-5-7-11-21(19)22/h4-11,16-17,22-24H,3,12-15H2,1-2H3,(H,28,30)(H,29,33)(H,31,32)/t16?,17-,23?,24-/m0/s1. The number of nitrogens with one attached hydrogen (secondary N) is 2. The minimum atomic E-state index is -1.03.